The van der Waals surface area contributed by atoms with Gasteiger partial charge in [0.2, 0.25) is 0 Å². The van der Waals surface area contributed by atoms with Crippen molar-refractivity contribution in [2.75, 3.05) is 47.3 Å². The summed E-state index contributed by atoms with van der Waals surface area (Å²) < 4.78 is 0. The zero-order valence-electron chi connectivity index (χ0n) is 12.1. The summed E-state index contributed by atoms with van der Waals surface area (Å²) in [6.07, 6.45) is 0. The molecule has 1 fully saturated rings. The number of piperazine rings is 1. The molecule has 6 heteroatoms. The molecule has 2 heterocycles. The summed E-state index contributed by atoms with van der Waals surface area (Å²) in [5.41, 5.74) is 0.866. The molecule has 1 aliphatic rings. The summed E-state index contributed by atoms with van der Waals surface area (Å²) in [6, 6.07) is 0. The minimum absolute atomic E-state index is 0.146. The van der Waals surface area contributed by atoms with Gasteiger partial charge in [0.25, 0.3) is 5.91 Å². The van der Waals surface area contributed by atoms with E-state index in [1.54, 1.807) is 0 Å². The van der Waals surface area contributed by atoms with E-state index >= 15 is 0 Å². The second kappa shape index (κ2) is 5.98. The minimum atomic E-state index is 0.146. The lowest BCUT2D eigenvalue weighted by atomic mass is 10.3. The summed E-state index contributed by atoms with van der Waals surface area (Å²) >= 11 is 1.53. The van der Waals surface area contributed by atoms with Gasteiger partial charge in [0.1, 0.15) is 9.88 Å². The molecule has 0 bridgehead atoms. The van der Waals surface area contributed by atoms with Gasteiger partial charge in [-0.1, -0.05) is 0 Å². The normalized spacial score (nSPS) is 17.2. The van der Waals surface area contributed by atoms with Gasteiger partial charge in [0.15, 0.2) is 0 Å². The third-order valence-corrected chi connectivity index (χ3v) is 4.41. The third kappa shape index (κ3) is 3.52. The Labute approximate surface area is 118 Å². The van der Waals surface area contributed by atoms with E-state index in [-0.39, 0.29) is 5.91 Å². The molecule has 19 heavy (non-hydrogen) atoms. The number of rotatable bonds is 3. The fraction of sp³-hybridized carbons (Fsp3) is 0.692. The van der Waals surface area contributed by atoms with E-state index in [0.717, 1.165) is 48.3 Å². The van der Waals surface area contributed by atoms with Gasteiger partial charge in [-0.25, -0.2) is 4.98 Å². The first kappa shape index (κ1) is 14.4. The fourth-order valence-corrected chi connectivity index (χ4v) is 3.29. The predicted octanol–water partition coefficient (Wildman–Crippen LogP) is 0.901. The van der Waals surface area contributed by atoms with Crippen LogP contribution in [0.1, 0.15) is 20.4 Å². The van der Waals surface area contributed by atoms with Crippen LogP contribution >= 0.6 is 11.3 Å². The van der Waals surface area contributed by atoms with Crippen molar-refractivity contribution in [1.82, 2.24) is 19.7 Å². The van der Waals surface area contributed by atoms with E-state index < -0.39 is 0 Å². The number of amides is 1. The highest BCUT2D eigenvalue weighted by molar-refractivity contribution is 7.13. The SMILES string of the molecule is Cc1nc(CN(C)C)sc1C(=O)N1CCN(C)CC1. The van der Waals surface area contributed by atoms with E-state index in [4.69, 9.17) is 0 Å². The lowest BCUT2D eigenvalue weighted by Crippen LogP contribution is -2.47. The van der Waals surface area contributed by atoms with Crippen LogP contribution in [0.2, 0.25) is 0 Å². The molecular formula is C13H22N4OS. The third-order valence-electron chi connectivity index (χ3n) is 3.28. The van der Waals surface area contributed by atoms with Gasteiger partial charge in [-0.3, -0.25) is 4.79 Å². The Hall–Kier alpha value is -0.980. The molecule has 0 aliphatic carbocycles. The first-order chi connectivity index (χ1) is 8.97. The Morgan fingerprint density at radius 1 is 1.32 bits per heavy atom. The lowest BCUT2D eigenvalue weighted by molar-refractivity contribution is 0.0668. The van der Waals surface area contributed by atoms with Crippen LogP contribution in [-0.4, -0.2) is 72.9 Å². The average molecular weight is 282 g/mol. The Morgan fingerprint density at radius 2 is 1.95 bits per heavy atom. The first-order valence-electron chi connectivity index (χ1n) is 6.56. The van der Waals surface area contributed by atoms with E-state index in [1.807, 2.05) is 25.9 Å². The number of likely N-dealkylation sites (N-methyl/N-ethyl adjacent to an activating group) is 1. The van der Waals surface area contributed by atoms with Crippen molar-refractivity contribution >= 4 is 17.2 Å². The molecule has 1 aromatic rings. The molecule has 0 saturated carbocycles. The van der Waals surface area contributed by atoms with Gasteiger partial charge in [-0.05, 0) is 28.1 Å². The maximum Gasteiger partial charge on any atom is 0.265 e. The van der Waals surface area contributed by atoms with Crippen LogP contribution in [-0.2, 0) is 6.54 Å². The molecule has 0 aromatic carbocycles. The molecule has 0 atom stereocenters. The molecule has 1 saturated heterocycles. The molecule has 0 radical (unpaired) electrons. The molecule has 2 rings (SSSR count). The highest BCUT2D eigenvalue weighted by Gasteiger charge is 2.24. The topological polar surface area (TPSA) is 39.7 Å². The van der Waals surface area contributed by atoms with Crippen LogP contribution < -0.4 is 0 Å². The van der Waals surface area contributed by atoms with Gasteiger partial charge >= 0.3 is 0 Å². The fourth-order valence-electron chi connectivity index (χ4n) is 2.14. The van der Waals surface area contributed by atoms with Gasteiger partial charge in [-0.15, -0.1) is 11.3 Å². The smallest absolute Gasteiger partial charge is 0.265 e. The lowest BCUT2D eigenvalue weighted by Gasteiger charge is -2.32. The zero-order chi connectivity index (χ0) is 14.0. The predicted molar refractivity (Wildman–Crippen MR) is 77.6 cm³/mol. The van der Waals surface area contributed by atoms with Crippen LogP contribution in [0.15, 0.2) is 0 Å². The molecule has 106 valence electrons. The molecule has 0 N–H and O–H groups in total. The molecule has 1 amide bonds. The zero-order valence-corrected chi connectivity index (χ0v) is 13.0. The molecular weight excluding hydrogens is 260 g/mol. The number of carbonyl (C=O) groups is 1. The summed E-state index contributed by atoms with van der Waals surface area (Å²) in [6.45, 7) is 6.26. The van der Waals surface area contributed by atoms with Crippen LogP contribution in [0.25, 0.3) is 0 Å². The van der Waals surface area contributed by atoms with Crippen molar-refractivity contribution in [3.63, 3.8) is 0 Å². The maximum atomic E-state index is 12.5. The number of hydrogen-bond acceptors (Lipinski definition) is 5. The molecule has 1 aromatic heterocycles. The minimum Gasteiger partial charge on any atom is -0.335 e. The highest BCUT2D eigenvalue weighted by atomic mass is 32.1. The number of aromatic nitrogens is 1. The second-order valence-electron chi connectivity index (χ2n) is 5.36. The number of aryl methyl sites for hydroxylation is 1. The van der Waals surface area contributed by atoms with E-state index in [0.29, 0.717) is 0 Å². The van der Waals surface area contributed by atoms with Crippen LogP contribution in [0.4, 0.5) is 0 Å². The number of carbonyl (C=O) groups excluding carboxylic acids is 1. The van der Waals surface area contributed by atoms with Gasteiger partial charge < -0.3 is 14.7 Å². The van der Waals surface area contributed by atoms with Crippen LogP contribution in [0, 0.1) is 6.92 Å². The van der Waals surface area contributed by atoms with Crippen molar-refractivity contribution in [2.24, 2.45) is 0 Å². The number of thiazole rings is 1. The molecule has 0 spiro atoms. The van der Waals surface area contributed by atoms with Crippen molar-refractivity contribution in [3.05, 3.63) is 15.6 Å². The average Bonchev–Trinajstić information content (AvgIpc) is 2.69. The van der Waals surface area contributed by atoms with Gasteiger partial charge in [0.05, 0.1) is 5.69 Å². The summed E-state index contributed by atoms with van der Waals surface area (Å²) in [4.78, 5) is 24.1. The highest BCUT2D eigenvalue weighted by Crippen LogP contribution is 2.21. The van der Waals surface area contributed by atoms with Crippen molar-refractivity contribution in [3.8, 4) is 0 Å². The molecule has 5 nitrogen and oxygen atoms in total. The Morgan fingerprint density at radius 3 is 2.53 bits per heavy atom. The van der Waals surface area contributed by atoms with Crippen LogP contribution in [0.3, 0.4) is 0 Å². The first-order valence-corrected chi connectivity index (χ1v) is 7.38. The van der Waals surface area contributed by atoms with Crippen LogP contribution in [0.5, 0.6) is 0 Å². The van der Waals surface area contributed by atoms with Crippen molar-refractivity contribution in [1.29, 1.82) is 0 Å². The quantitative estimate of drug-likeness (QED) is 0.826. The number of hydrogen-bond donors (Lipinski definition) is 0. The maximum absolute atomic E-state index is 12.5. The molecule has 0 unspecified atom stereocenters. The van der Waals surface area contributed by atoms with Crippen molar-refractivity contribution < 1.29 is 4.79 Å². The van der Waals surface area contributed by atoms with E-state index in [9.17, 15) is 4.79 Å². The number of nitrogens with zero attached hydrogens (tertiary/aromatic N) is 4. The molecule has 1 aliphatic heterocycles. The Balaban J connectivity index is 2.08. The monoisotopic (exact) mass is 282 g/mol. The van der Waals surface area contributed by atoms with Gasteiger partial charge in [-0.2, -0.15) is 0 Å². The van der Waals surface area contributed by atoms with Gasteiger partial charge in [0, 0.05) is 32.7 Å². The standard InChI is InChI=1S/C13H22N4OS/c1-10-12(19-11(14-10)9-15(2)3)13(18)17-7-5-16(4)6-8-17/h5-9H2,1-4H3. The Bertz CT molecular complexity index is 449. The Kier molecular flexibility index (Phi) is 4.54. The summed E-state index contributed by atoms with van der Waals surface area (Å²) in [7, 11) is 6.12. The van der Waals surface area contributed by atoms with Crippen molar-refractivity contribution in [2.45, 2.75) is 13.5 Å². The summed E-state index contributed by atoms with van der Waals surface area (Å²) in [5, 5.41) is 1.01. The van der Waals surface area contributed by atoms with E-state index in [1.165, 1.54) is 11.3 Å². The van der Waals surface area contributed by atoms with E-state index in [2.05, 4.69) is 21.8 Å². The largest absolute Gasteiger partial charge is 0.335 e. The second-order valence-corrected chi connectivity index (χ2v) is 6.44. The summed E-state index contributed by atoms with van der Waals surface area (Å²) in [5.74, 6) is 0.146.